The summed E-state index contributed by atoms with van der Waals surface area (Å²) >= 11 is 1.42. The molecule has 1 unspecified atom stereocenters. The molecule has 5 rings (SSSR count). The summed E-state index contributed by atoms with van der Waals surface area (Å²) < 4.78 is 1.33. The lowest BCUT2D eigenvalue weighted by Crippen LogP contribution is -2.62. The molecule has 1 aromatic rings. The summed E-state index contributed by atoms with van der Waals surface area (Å²) in [5, 5.41) is 24.1. The number of Topliss-reactive ketones (excluding diaryl/α,β-unsaturated/α-hetero) is 2. The third-order valence-corrected chi connectivity index (χ3v) is 10.4. The highest BCUT2D eigenvalue weighted by Gasteiger charge is 2.60. The van der Waals surface area contributed by atoms with Crippen LogP contribution in [0.15, 0.2) is 21.9 Å². The number of hydrogen-bond acceptors (Lipinski definition) is 11. The van der Waals surface area contributed by atoms with Crippen LogP contribution >= 0.6 is 11.8 Å². The quantitative estimate of drug-likeness (QED) is 0.112. The lowest BCUT2D eigenvalue weighted by molar-refractivity contribution is -0.160. The van der Waals surface area contributed by atoms with Gasteiger partial charge in [0.15, 0.2) is 17.5 Å². The van der Waals surface area contributed by atoms with Crippen molar-refractivity contribution in [1.82, 2.24) is 35.3 Å². The molecule has 0 bridgehead atoms. The molecule has 44 heavy (non-hydrogen) atoms. The van der Waals surface area contributed by atoms with Crippen LogP contribution in [0.4, 0.5) is 0 Å². The molecule has 4 aliphatic rings. The maximum atomic E-state index is 13.3. The molecule has 0 saturated carbocycles. The van der Waals surface area contributed by atoms with E-state index >= 15 is 0 Å². The first-order valence-electron chi connectivity index (χ1n) is 14.7. The number of carboxylic acid groups (broad SMARTS) is 1. The Hall–Kier alpha value is -3.86. The van der Waals surface area contributed by atoms with Crippen LogP contribution in [0.2, 0.25) is 0 Å². The van der Waals surface area contributed by atoms with Gasteiger partial charge in [-0.2, -0.15) is 0 Å². The standard InChI is InChI=1S/C27H38N10O6S/c1-13(5-17(39)11-36-12-32-33-34-36)20-21-14(2)23(22(26(42)43)37(21)25(20)41)44-18-7-19(30-9-18)24(40)35-4-3-15(10-35)6-16(38)8-31-27(28)29/h12-15,18-21,30H,3-11H2,1-2H3,(H,42,43)(H4,28,29,31)/t13-,14+,15-,18-,19?,20+,21+/m0/s1. The molecule has 0 aromatic carbocycles. The number of nitrogens with zero attached hydrogens (tertiary/aromatic N) is 7. The lowest BCUT2D eigenvalue weighted by atomic mass is 9.73. The Morgan fingerprint density at radius 1 is 1.25 bits per heavy atom. The molecule has 4 aliphatic heterocycles. The van der Waals surface area contributed by atoms with Crippen LogP contribution < -0.4 is 16.8 Å². The van der Waals surface area contributed by atoms with E-state index in [1.807, 2.05) is 13.8 Å². The van der Waals surface area contributed by atoms with E-state index in [1.165, 1.54) is 27.7 Å². The summed E-state index contributed by atoms with van der Waals surface area (Å²) in [6, 6.07) is -0.748. The first kappa shape index (κ1) is 31.6. The summed E-state index contributed by atoms with van der Waals surface area (Å²) in [5.74, 6) is -2.71. The van der Waals surface area contributed by atoms with E-state index in [4.69, 9.17) is 11.5 Å². The molecule has 2 amide bonds. The molecular formula is C27H38N10O6S. The zero-order chi connectivity index (χ0) is 31.7. The van der Waals surface area contributed by atoms with E-state index in [1.54, 1.807) is 4.90 Å². The molecule has 3 fully saturated rings. The van der Waals surface area contributed by atoms with Crippen molar-refractivity contribution >= 4 is 47.1 Å². The van der Waals surface area contributed by atoms with Crippen molar-refractivity contribution in [2.45, 2.75) is 63.4 Å². The number of carbonyl (C=O) groups is 5. The molecule has 0 spiro atoms. The van der Waals surface area contributed by atoms with Gasteiger partial charge in [-0.25, -0.2) is 14.5 Å². The van der Waals surface area contributed by atoms with Gasteiger partial charge in [0.1, 0.15) is 25.1 Å². The highest BCUT2D eigenvalue weighted by Crippen LogP contribution is 2.53. The van der Waals surface area contributed by atoms with E-state index in [-0.39, 0.29) is 83.6 Å². The van der Waals surface area contributed by atoms with Gasteiger partial charge in [0.2, 0.25) is 11.8 Å². The summed E-state index contributed by atoms with van der Waals surface area (Å²) in [4.78, 5) is 71.2. The monoisotopic (exact) mass is 630 g/mol. The number of carbonyl (C=O) groups excluding carboxylic acids is 4. The van der Waals surface area contributed by atoms with Gasteiger partial charge < -0.3 is 31.7 Å². The SMILES string of the molecule is C[C@@H](CC(=O)Cn1cnnn1)[C@H]1C(=O)N2C(C(=O)O)=C(S[C@@H]3CNC(C(=O)N4CC[C@@H](CC(=O)CN=C(N)N)C4)C3)[C@H](C)[C@H]12. The molecule has 0 radical (unpaired) electrons. The van der Waals surface area contributed by atoms with Gasteiger partial charge in [-0.05, 0) is 35.1 Å². The smallest absolute Gasteiger partial charge is 0.353 e. The second-order valence-electron chi connectivity index (χ2n) is 12.1. The van der Waals surface area contributed by atoms with Gasteiger partial charge in [0.25, 0.3) is 0 Å². The van der Waals surface area contributed by atoms with E-state index < -0.39 is 17.9 Å². The van der Waals surface area contributed by atoms with Gasteiger partial charge in [0.05, 0.1) is 18.0 Å². The number of guanidine groups is 1. The van der Waals surface area contributed by atoms with Gasteiger partial charge >= 0.3 is 5.97 Å². The zero-order valence-electron chi connectivity index (χ0n) is 24.7. The molecule has 16 nitrogen and oxygen atoms in total. The number of aromatic nitrogens is 4. The summed E-state index contributed by atoms with van der Waals surface area (Å²) in [5.41, 5.74) is 10.6. The number of nitrogens with one attached hydrogen (secondary N) is 1. The number of thioether (sulfide) groups is 1. The number of β-lactam (4-membered cyclic amide) rings is 1. The number of hydrogen-bond donors (Lipinski definition) is 4. The number of aliphatic carboxylic acids is 1. The normalized spacial score (nSPS) is 28.5. The zero-order valence-corrected chi connectivity index (χ0v) is 25.5. The fraction of sp³-hybridized carbons (Fsp3) is 0.667. The number of likely N-dealkylation sites (tertiary alicyclic amines) is 1. The number of ketones is 2. The van der Waals surface area contributed by atoms with E-state index in [2.05, 4.69) is 25.8 Å². The number of aliphatic imine (C=N–C) groups is 1. The Morgan fingerprint density at radius 2 is 2.02 bits per heavy atom. The Morgan fingerprint density at radius 3 is 2.70 bits per heavy atom. The molecule has 7 atom stereocenters. The van der Waals surface area contributed by atoms with E-state index in [0.717, 1.165) is 6.42 Å². The molecule has 17 heteroatoms. The Bertz CT molecular complexity index is 1380. The number of tetrazole rings is 1. The number of amides is 2. The average Bonchev–Trinajstić information content (AvgIpc) is 3.76. The minimum atomic E-state index is -1.16. The topological polar surface area (TPSA) is 232 Å². The van der Waals surface area contributed by atoms with Crippen LogP contribution in [0.1, 0.15) is 39.5 Å². The molecule has 0 aliphatic carbocycles. The van der Waals surface area contributed by atoms with Crippen molar-refractivity contribution in [3.63, 3.8) is 0 Å². The van der Waals surface area contributed by atoms with Crippen LogP contribution in [0.5, 0.6) is 0 Å². The summed E-state index contributed by atoms with van der Waals surface area (Å²) in [6.07, 6.45) is 3.05. The van der Waals surface area contributed by atoms with Gasteiger partial charge in [-0.1, -0.05) is 13.8 Å². The molecular weight excluding hydrogens is 592 g/mol. The van der Waals surface area contributed by atoms with Crippen molar-refractivity contribution in [2.75, 3.05) is 26.2 Å². The first-order valence-corrected chi connectivity index (χ1v) is 15.6. The molecule has 238 valence electrons. The second-order valence-corrected chi connectivity index (χ2v) is 13.5. The average molecular weight is 631 g/mol. The van der Waals surface area contributed by atoms with Gasteiger partial charge in [-0.15, -0.1) is 16.9 Å². The highest BCUT2D eigenvalue weighted by atomic mass is 32.2. The minimum absolute atomic E-state index is 0.00326. The Kier molecular flexibility index (Phi) is 9.34. The van der Waals surface area contributed by atoms with Crippen LogP contribution in [-0.2, 0) is 30.5 Å². The van der Waals surface area contributed by atoms with Crippen molar-refractivity contribution in [3.8, 4) is 0 Å². The lowest BCUT2D eigenvalue weighted by Gasteiger charge is -2.47. The molecule has 1 aromatic heterocycles. The van der Waals surface area contributed by atoms with Crippen LogP contribution in [0.3, 0.4) is 0 Å². The minimum Gasteiger partial charge on any atom is -0.477 e. The van der Waals surface area contributed by atoms with Crippen LogP contribution in [0.25, 0.3) is 0 Å². The summed E-state index contributed by atoms with van der Waals surface area (Å²) in [7, 11) is 0. The van der Waals surface area contributed by atoms with Crippen molar-refractivity contribution < 1.29 is 29.1 Å². The fourth-order valence-corrected chi connectivity index (χ4v) is 8.38. The highest BCUT2D eigenvalue weighted by molar-refractivity contribution is 8.03. The maximum Gasteiger partial charge on any atom is 0.353 e. The first-order chi connectivity index (χ1) is 20.9. The van der Waals surface area contributed by atoms with Gasteiger partial charge in [0, 0.05) is 48.5 Å². The van der Waals surface area contributed by atoms with Crippen molar-refractivity contribution in [2.24, 2.45) is 40.1 Å². The number of carboxylic acids is 1. The molecule has 5 heterocycles. The third kappa shape index (κ3) is 6.47. The molecule has 3 saturated heterocycles. The van der Waals surface area contributed by atoms with E-state index in [9.17, 15) is 29.1 Å². The predicted molar refractivity (Wildman–Crippen MR) is 157 cm³/mol. The maximum absolute atomic E-state index is 13.3. The van der Waals surface area contributed by atoms with Crippen molar-refractivity contribution in [1.29, 1.82) is 0 Å². The fourth-order valence-electron chi connectivity index (χ4n) is 6.90. The number of fused-ring (bicyclic) bond motifs is 1. The summed E-state index contributed by atoms with van der Waals surface area (Å²) in [6.45, 7) is 5.28. The predicted octanol–water partition coefficient (Wildman–Crippen LogP) is -1.41. The number of rotatable bonds is 13. The number of nitrogens with two attached hydrogens (primary N) is 2. The molecule has 6 N–H and O–H groups in total. The van der Waals surface area contributed by atoms with Crippen molar-refractivity contribution in [3.05, 3.63) is 16.9 Å². The van der Waals surface area contributed by atoms with Gasteiger partial charge in [-0.3, -0.25) is 19.2 Å². The van der Waals surface area contributed by atoms with Crippen LogP contribution in [0, 0.1) is 23.7 Å². The van der Waals surface area contributed by atoms with Crippen LogP contribution in [-0.4, -0.2) is 114 Å². The second kappa shape index (κ2) is 13.0. The van der Waals surface area contributed by atoms with E-state index in [0.29, 0.717) is 37.4 Å². The third-order valence-electron chi connectivity index (χ3n) is 8.92. The Labute approximate surface area is 258 Å². The Balaban J connectivity index is 1.16. The largest absolute Gasteiger partial charge is 0.477 e.